The van der Waals surface area contributed by atoms with Gasteiger partial charge < -0.3 is 15.2 Å². The first-order valence-corrected chi connectivity index (χ1v) is 4.73. The monoisotopic (exact) mass is 225 g/mol. The molecular formula is C11H12ClNO2. The van der Waals surface area contributed by atoms with E-state index in [0.717, 1.165) is 5.56 Å². The van der Waals surface area contributed by atoms with Crippen LogP contribution >= 0.6 is 11.6 Å². The van der Waals surface area contributed by atoms with Crippen molar-refractivity contribution in [3.8, 4) is 23.8 Å². The van der Waals surface area contributed by atoms with Crippen LogP contribution in [0.3, 0.4) is 0 Å². The van der Waals surface area contributed by atoms with Gasteiger partial charge in [-0.1, -0.05) is 17.5 Å². The van der Waals surface area contributed by atoms with Gasteiger partial charge in [0.25, 0.3) is 0 Å². The van der Waals surface area contributed by atoms with Crippen molar-refractivity contribution < 1.29 is 9.47 Å². The summed E-state index contributed by atoms with van der Waals surface area (Å²) in [6.45, 7) is 0.545. The highest BCUT2D eigenvalue weighted by molar-refractivity contribution is 6.32. The Balaban J connectivity index is 3.08. The van der Waals surface area contributed by atoms with E-state index in [2.05, 4.69) is 5.92 Å². The molecule has 0 fully saturated rings. The third kappa shape index (κ3) is 2.79. The molecule has 4 heteroatoms. The third-order valence-corrected chi connectivity index (χ3v) is 2.11. The molecule has 0 atom stereocenters. The van der Waals surface area contributed by atoms with Crippen LogP contribution in [0.1, 0.15) is 5.56 Å². The van der Waals surface area contributed by atoms with Crippen LogP contribution in [0.5, 0.6) is 11.5 Å². The highest BCUT2D eigenvalue weighted by Gasteiger charge is 2.10. The Kier molecular flexibility index (Phi) is 4.29. The minimum atomic E-state index is 0.151. The predicted molar refractivity (Wildman–Crippen MR) is 60.2 cm³/mol. The lowest BCUT2D eigenvalue weighted by Gasteiger charge is -2.11. The van der Waals surface area contributed by atoms with Crippen LogP contribution in [0.2, 0.25) is 5.02 Å². The van der Waals surface area contributed by atoms with Gasteiger partial charge in [-0.05, 0) is 17.7 Å². The highest BCUT2D eigenvalue weighted by Crippen LogP contribution is 2.36. The van der Waals surface area contributed by atoms with Gasteiger partial charge in [0.1, 0.15) is 6.61 Å². The van der Waals surface area contributed by atoms with Crippen molar-refractivity contribution in [1.29, 1.82) is 0 Å². The van der Waals surface area contributed by atoms with Gasteiger partial charge in [0.15, 0.2) is 11.5 Å². The highest BCUT2D eigenvalue weighted by atomic mass is 35.5. The zero-order valence-corrected chi connectivity index (χ0v) is 9.17. The van der Waals surface area contributed by atoms with E-state index in [0.29, 0.717) is 23.1 Å². The van der Waals surface area contributed by atoms with E-state index >= 15 is 0 Å². The second-order valence-electron chi connectivity index (χ2n) is 2.81. The van der Waals surface area contributed by atoms with Gasteiger partial charge in [-0.15, -0.1) is 6.42 Å². The SMILES string of the molecule is C#CCOc1c(Cl)cc(CN)cc1OC. The summed E-state index contributed by atoms with van der Waals surface area (Å²) in [4.78, 5) is 0. The molecule has 0 spiro atoms. The number of halogens is 1. The molecular weight excluding hydrogens is 214 g/mol. The van der Waals surface area contributed by atoms with Crippen LogP contribution in [0, 0.1) is 12.3 Å². The van der Waals surface area contributed by atoms with Gasteiger partial charge in [-0.25, -0.2) is 0 Å². The molecule has 0 aliphatic rings. The molecule has 1 aromatic rings. The fourth-order valence-corrected chi connectivity index (χ4v) is 1.43. The van der Waals surface area contributed by atoms with E-state index in [-0.39, 0.29) is 6.61 Å². The molecule has 0 unspecified atom stereocenters. The average Bonchev–Trinajstić information content (AvgIpc) is 2.26. The molecule has 15 heavy (non-hydrogen) atoms. The quantitative estimate of drug-likeness (QED) is 0.795. The van der Waals surface area contributed by atoms with Gasteiger partial charge in [-0.3, -0.25) is 0 Å². The number of rotatable bonds is 4. The van der Waals surface area contributed by atoms with E-state index in [1.54, 1.807) is 12.1 Å². The molecule has 1 aromatic carbocycles. The summed E-state index contributed by atoms with van der Waals surface area (Å²) < 4.78 is 10.4. The summed E-state index contributed by atoms with van der Waals surface area (Å²) in [7, 11) is 1.54. The molecule has 0 aliphatic carbocycles. The van der Waals surface area contributed by atoms with Crippen LogP contribution in [0.15, 0.2) is 12.1 Å². The summed E-state index contributed by atoms with van der Waals surface area (Å²) in [5.41, 5.74) is 6.38. The van der Waals surface area contributed by atoms with Crippen LogP contribution in [0.4, 0.5) is 0 Å². The lowest BCUT2D eigenvalue weighted by Crippen LogP contribution is -2.01. The molecule has 0 aliphatic heterocycles. The van der Waals surface area contributed by atoms with E-state index in [1.807, 2.05) is 0 Å². The van der Waals surface area contributed by atoms with E-state index in [4.69, 9.17) is 33.2 Å². The molecule has 0 saturated heterocycles. The predicted octanol–water partition coefficient (Wildman–Crippen LogP) is 1.82. The first kappa shape index (κ1) is 11.7. The summed E-state index contributed by atoms with van der Waals surface area (Å²) >= 11 is 6.00. The molecule has 3 nitrogen and oxygen atoms in total. The zero-order chi connectivity index (χ0) is 11.3. The van der Waals surface area contributed by atoms with Crippen molar-refractivity contribution in [2.75, 3.05) is 13.7 Å². The Morgan fingerprint density at radius 1 is 1.53 bits per heavy atom. The number of methoxy groups -OCH3 is 1. The second-order valence-corrected chi connectivity index (χ2v) is 3.21. The number of hydrogen-bond acceptors (Lipinski definition) is 3. The lowest BCUT2D eigenvalue weighted by molar-refractivity contribution is 0.331. The Bertz CT molecular complexity index is 385. The van der Waals surface area contributed by atoms with Gasteiger partial charge in [0.2, 0.25) is 0 Å². The first-order chi connectivity index (χ1) is 7.22. The minimum absolute atomic E-state index is 0.151. The fourth-order valence-electron chi connectivity index (χ4n) is 1.14. The lowest BCUT2D eigenvalue weighted by atomic mass is 10.2. The Labute approximate surface area is 94.1 Å². The topological polar surface area (TPSA) is 44.5 Å². The smallest absolute Gasteiger partial charge is 0.181 e. The van der Waals surface area contributed by atoms with Gasteiger partial charge in [0.05, 0.1) is 12.1 Å². The number of hydrogen-bond donors (Lipinski definition) is 1. The van der Waals surface area contributed by atoms with Gasteiger partial charge >= 0.3 is 0 Å². The number of benzene rings is 1. The van der Waals surface area contributed by atoms with Crippen molar-refractivity contribution in [3.63, 3.8) is 0 Å². The first-order valence-electron chi connectivity index (χ1n) is 4.35. The van der Waals surface area contributed by atoms with Gasteiger partial charge in [0, 0.05) is 6.54 Å². The van der Waals surface area contributed by atoms with Crippen molar-refractivity contribution in [3.05, 3.63) is 22.7 Å². The summed E-state index contributed by atoms with van der Waals surface area (Å²) in [6.07, 6.45) is 5.10. The molecule has 0 amide bonds. The summed E-state index contributed by atoms with van der Waals surface area (Å²) in [5.74, 6) is 3.36. The molecule has 0 heterocycles. The van der Waals surface area contributed by atoms with E-state index in [1.165, 1.54) is 7.11 Å². The Hall–Kier alpha value is -1.37. The second kappa shape index (κ2) is 5.50. The van der Waals surface area contributed by atoms with Crippen molar-refractivity contribution in [2.24, 2.45) is 5.73 Å². The standard InChI is InChI=1S/C11H12ClNO2/c1-3-4-15-11-9(12)5-8(7-13)6-10(11)14-2/h1,5-6H,4,7,13H2,2H3. The molecule has 0 radical (unpaired) electrons. The van der Waals surface area contributed by atoms with Crippen LogP contribution in [-0.2, 0) is 6.54 Å². The third-order valence-electron chi connectivity index (χ3n) is 1.82. The normalized spacial score (nSPS) is 9.47. The molecule has 1 rings (SSSR count). The van der Waals surface area contributed by atoms with Gasteiger partial charge in [-0.2, -0.15) is 0 Å². The van der Waals surface area contributed by atoms with Crippen molar-refractivity contribution in [2.45, 2.75) is 6.54 Å². The maximum absolute atomic E-state index is 6.00. The fraction of sp³-hybridized carbons (Fsp3) is 0.273. The molecule has 80 valence electrons. The Morgan fingerprint density at radius 2 is 2.27 bits per heavy atom. The number of terminal acetylenes is 1. The molecule has 0 aromatic heterocycles. The molecule has 2 N–H and O–H groups in total. The van der Waals surface area contributed by atoms with E-state index in [9.17, 15) is 0 Å². The van der Waals surface area contributed by atoms with Crippen LogP contribution in [0.25, 0.3) is 0 Å². The van der Waals surface area contributed by atoms with E-state index < -0.39 is 0 Å². The van der Waals surface area contributed by atoms with Crippen molar-refractivity contribution in [1.82, 2.24) is 0 Å². The maximum atomic E-state index is 6.00. The average molecular weight is 226 g/mol. The maximum Gasteiger partial charge on any atom is 0.181 e. The largest absolute Gasteiger partial charge is 0.493 e. The minimum Gasteiger partial charge on any atom is -0.493 e. The number of nitrogens with two attached hydrogens (primary N) is 1. The molecule has 0 saturated carbocycles. The Morgan fingerprint density at radius 3 is 2.80 bits per heavy atom. The van der Waals surface area contributed by atoms with Crippen molar-refractivity contribution >= 4 is 11.6 Å². The van der Waals surface area contributed by atoms with Crippen LogP contribution < -0.4 is 15.2 Å². The summed E-state index contributed by atoms with van der Waals surface area (Å²) in [6, 6.07) is 3.51. The van der Waals surface area contributed by atoms with Crippen LogP contribution in [-0.4, -0.2) is 13.7 Å². The molecule has 0 bridgehead atoms. The zero-order valence-electron chi connectivity index (χ0n) is 8.42. The summed E-state index contributed by atoms with van der Waals surface area (Å²) in [5, 5.41) is 0.449. The number of ether oxygens (including phenoxy) is 2.